The first-order chi connectivity index (χ1) is 7.15. The molecule has 0 N–H and O–H groups in total. The van der Waals surface area contributed by atoms with E-state index < -0.39 is 17.5 Å². The van der Waals surface area contributed by atoms with Crippen LogP contribution in [0.2, 0.25) is 0 Å². The second-order valence-corrected chi connectivity index (χ2v) is 2.45. The van der Waals surface area contributed by atoms with Crippen LogP contribution in [0.15, 0.2) is 18.3 Å². The summed E-state index contributed by atoms with van der Waals surface area (Å²) >= 11 is 0. The largest absolute Gasteiger partial charge is 0.466 e. The maximum atomic E-state index is 10.7. The number of hydrogen-bond acceptors (Lipinski definition) is 6. The third kappa shape index (κ3) is 2.90. The molecule has 0 amide bonds. The molecule has 0 aliphatic heterocycles. The molecule has 0 spiro atoms. The summed E-state index contributed by atoms with van der Waals surface area (Å²) in [5.74, 6) is -0.831. The van der Waals surface area contributed by atoms with Gasteiger partial charge in [-0.2, -0.15) is 0 Å². The van der Waals surface area contributed by atoms with Crippen molar-refractivity contribution in [3.8, 4) is 5.88 Å². The smallest absolute Gasteiger partial charge is 0.343 e. The van der Waals surface area contributed by atoms with Gasteiger partial charge in [0.2, 0.25) is 0 Å². The van der Waals surface area contributed by atoms with Crippen molar-refractivity contribution in [1.29, 1.82) is 0 Å². The van der Waals surface area contributed by atoms with Crippen LogP contribution in [0.25, 0.3) is 0 Å². The van der Waals surface area contributed by atoms with Gasteiger partial charge in [-0.25, -0.2) is 9.78 Å². The lowest BCUT2D eigenvalue weighted by Crippen LogP contribution is -2.13. The van der Waals surface area contributed by atoms with Crippen LogP contribution in [0, 0.1) is 10.1 Å². The van der Waals surface area contributed by atoms with Crippen LogP contribution in [0.3, 0.4) is 0 Å². The van der Waals surface area contributed by atoms with E-state index in [1.165, 1.54) is 25.4 Å². The van der Waals surface area contributed by atoms with Gasteiger partial charge in [0.15, 0.2) is 6.61 Å². The number of nitrogens with zero attached hydrogens (tertiary/aromatic N) is 2. The SMILES string of the molecule is COC(=O)COc1ncccc1[N+](=O)[O-]. The van der Waals surface area contributed by atoms with E-state index in [-0.39, 0.29) is 11.6 Å². The zero-order valence-corrected chi connectivity index (χ0v) is 7.87. The molecule has 15 heavy (non-hydrogen) atoms. The minimum atomic E-state index is -0.639. The Morgan fingerprint density at radius 2 is 2.40 bits per heavy atom. The van der Waals surface area contributed by atoms with Crippen molar-refractivity contribution in [3.05, 3.63) is 28.4 Å². The number of esters is 1. The van der Waals surface area contributed by atoms with Gasteiger partial charge in [0.25, 0.3) is 5.88 Å². The molecule has 0 atom stereocenters. The molecule has 0 saturated carbocycles. The number of pyridine rings is 1. The maximum absolute atomic E-state index is 10.7. The van der Waals surface area contributed by atoms with Crippen molar-refractivity contribution >= 4 is 11.7 Å². The predicted octanol–water partition coefficient (Wildman–Crippen LogP) is 0.542. The molecule has 0 aromatic carbocycles. The van der Waals surface area contributed by atoms with Gasteiger partial charge in [-0.15, -0.1) is 0 Å². The Balaban J connectivity index is 2.76. The molecule has 1 heterocycles. The molecule has 7 nitrogen and oxygen atoms in total. The highest BCUT2D eigenvalue weighted by molar-refractivity contribution is 5.70. The van der Waals surface area contributed by atoms with E-state index in [2.05, 4.69) is 9.72 Å². The predicted molar refractivity (Wildman–Crippen MR) is 48.4 cm³/mol. The molecule has 0 radical (unpaired) electrons. The lowest BCUT2D eigenvalue weighted by Gasteiger charge is -2.03. The summed E-state index contributed by atoms with van der Waals surface area (Å²) in [7, 11) is 1.19. The zero-order valence-electron chi connectivity index (χ0n) is 7.87. The lowest BCUT2D eigenvalue weighted by molar-refractivity contribution is -0.386. The Hall–Kier alpha value is -2.18. The van der Waals surface area contributed by atoms with Gasteiger partial charge in [-0.3, -0.25) is 10.1 Å². The van der Waals surface area contributed by atoms with Crippen LogP contribution in [-0.2, 0) is 9.53 Å². The van der Waals surface area contributed by atoms with E-state index in [0.717, 1.165) is 0 Å². The highest BCUT2D eigenvalue weighted by atomic mass is 16.6. The van der Waals surface area contributed by atoms with Crippen LogP contribution < -0.4 is 4.74 Å². The van der Waals surface area contributed by atoms with Crippen LogP contribution >= 0.6 is 0 Å². The first-order valence-electron chi connectivity index (χ1n) is 3.94. The molecule has 80 valence electrons. The number of ether oxygens (including phenoxy) is 2. The minimum Gasteiger partial charge on any atom is -0.466 e. The van der Waals surface area contributed by atoms with Gasteiger partial charge < -0.3 is 9.47 Å². The number of carbonyl (C=O) groups excluding carboxylic acids is 1. The Bertz CT molecular complexity index is 379. The number of hydrogen-bond donors (Lipinski definition) is 0. The second-order valence-electron chi connectivity index (χ2n) is 2.45. The topological polar surface area (TPSA) is 91.6 Å². The second kappa shape index (κ2) is 4.89. The van der Waals surface area contributed by atoms with Crippen molar-refractivity contribution in [2.24, 2.45) is 0 Å². The lowest BCUT2D eigenvalue weighted by atomic mass is 10.4. The first kappa shape index (κ1) is 10.9. The molecule has 1 aromatic heterocycles. The molecule has 7 heteroatoms. The summed E-state index contributed by atoms with van der Waals surface area (Å²) in [5.41, 5.74) is -0.290. The van der Waals surface area contributed by atoms with Crippen molar-refractivity contribution < 1.29 is 19.2 Å². The van der Waals surface area contributed by atoms with Gasteiger partial charge in [-0.05, 0) is 6.07 Å². The maximum Gasteiger partial charge on any atom is 0.343 e. The molecular formula is C8H8N2O5. The van der Waals surface area contributed by atoms with E-state index in [0.29, 0.717) is 0 Å². The first-order valence-corrected chi connectivity index (χ1v) is 3.94. The molecule has 0 unspecified atom stereocenters. The zero-order chi connectivity index (χ0) is 11.3. The number of carbonyl (C=O) groups is 1. The summed E-state index contributed by atoms with van der Waals surface area (Å²) in [6.45, 7) is -0.408. The Morgan fingerprint density at radius 1 is 1.67 bits per heavy atom. The quantitative estimate of drug-likeness (QED) is 0.411. The average molecular weight is 212 g/mol. The molecule has 0 fully saturated rings. The molecule has 1 rings (SSSR count). The van der Waals surface area contributed by atoms with Gasteiger partial charge in [0.1, 0.15) is 0 Å². The van der Waals surface area contributed by atoms with Crippen LogP contribution in [0.1, 0.15) is 0 Å². The fourth-order valence-corrected chi connectivity index (χ4v) is 0.819. The van der Waals surface area contributed by atoms with E-state index >= 15 is 0 Å². The fraction of sp³-hybridized carbons (Fsp3) is 0.250. The fourth-order valence-electron chi connectivity index (χ4n) is 0.819. The van der Waals surface area contributed by atoms with Gasteiger partial charge in [-0.1, -0.05) is 0 Å². The molecule has 0 aliphatic carbocycles. The van der Waals surface area contributed by atoms with Gasteiger partial charge in [0.05, 0.1) is 12.0 Å². The minimum absolute atomic E-state index is 0.201. The Kier molecular flexibility index (Phi) is 3.55. The number of nitro groups is 1. The van der Waals surface area contributed by atoms with Gasteiger partial charge >= 0.3 is 11.7 Å². The number of aromatic nitrogens is 1. The average Bonchev–Trinajstić information content (AvgIpc) is 2.26. The van der Waals surface area contributed by atoms with E-state index in [1.807, 2.05) is 0 Å². The van der Waals surface area contributed by atoms with Crippen molar-refractivity contribution in [3.63, 3.8) is 0 Å². The molecule has 0 aliphatic rings. The van der Waals surface area contributed by atoms with Crippen molar-refractivity contribution in [1.82, 2.24) is 4.98 Å². The van der Waals surface area contributed by atoms with Crippen molar-refractivity contribution in [2.75, 3.05) is 13.7 Å². The van der Waals surface area contributed by atoms with E-state index in [4.69, 9.17) is 4.74 Å². The summed E-state index contributed by atoms with van der Waals surface area (Å²) in [5, 5.41) is 10.5. The highest BCUT2D eigenvalue weighted by Crippen LogP contribution is 2.22. The third-order valence-corrected chi connectivity index (χ3v) is 1.50. The highest BCUT2D eigenvalue weighted by Gasteiger charge is 2.16. The summed E-state index contributed by atoms with van der Waals surface area (Å²) in [6, 6.07) is 2.64. The Morgan fingerprint density at radius 3 is 3.00 bits per heavy atom. The van der Waals surface area contributed by atoms with Gasteiger partial charge in [0, 0.05) is 12.3 Å². The van der Waals surface area contributed by atoms with Crippen LogP contribution in [0.5, 0.6) is 5.88 Å². The van der Waals surface area contributed by atoms with Crippen molar-refractivity contribution in [2.45, 2.75) is 0 Å². The summed E-state index contributed by atoms with van der Waals surface area (Å²) in [6.07, 6.45) is 1.33. The standard InChI is InChI=1S/C8H8N2O5/c1-14-7(11)5-15-8-6(10(12)13)3-2-4-9-8/h2-4H,5H2,1H3. The van der Waals surface area contributed by atoms with E-state index in [9.17, 15) is 14.9 Å². The Labute approximate surface area is 84.8 Å². The normalized spacial score (nSPS) is 9.40. The molecular weight excluding hydrogens is 204 g/mol. The molecule has 0 bridgehead atoms. The number of methoxy groups -OCH3 is 1. The monoisotopic (exact) mass is 212 g/mol. The van der Waals surface area contributed by atoms with Crippen LogP contribution in [0.4, 0.5) is 5.69 Å². The molecule has 0 saturated heterocycles. The third-order valence-electron chi connectivity index (χ3n) is 1.50. The summed E-state index contributed by atoms with van der Waals surface area (Å²) in [4.78, 5) is 24.2. The number of rotatable bonds is 4. The van der Waals surface area contributed by atoms with E-state index in [1.54, 1.807) is 0 Å². The molecule has 1 aromatic rings. The summed E-state index contributed by atoms with van der Waals surface area (Å²) < 4.78 is 9.13. The van der Waals surface area contributed by atoms with Crippen LogP contribution in [-0.4, -0.2) is 29.6 Å².